The summed E-state index contributed by atoms with van der Waals surface area (Å²) in [5.41, 5.74) is 1.93. The van der Waals surface area contributed by atoms with Gasteiger partial charge >= 0.3 is 12.1 Å². The molecule has 1 fully saturated rings. The van der Waals surface area contributed by atoms with Crippen molar-refractivity contribution >= 4 is 0 Å². The summed E-state index contributed by atoms with van der Waals surface area (Å²) >= 11 is 0. The third-order valence-electron chi connectivity index (χ3n) is 5.39. The second-order valence-corrected chi connectivity index (χ2v) is 7.83. The number of aryl methyl sites for hydroxylation is 2. The van der Waals surface area contributed by atoms with Gasteiger partial charge in [0.25, 0.3) is 0 Å². The van der Waals surface area contributed by atoms with Gasteiger partial charge in [0.15, 0.2) is 0 Å². The number of alkyl halides is 3. The molecule has 3 aromatic rings. The van der Waals surface area contributed by atoms with Crippen molar-refractivity contribution in [2.75, 3.05) is 6.61 Å². The van der Waals surface area contributed by atoms with Crippen LogP contribution in [0.2, 0.25) is 0 Å². The van der Waals surface area contributed by atoms with Crippen molar-refractivity contribution in [3.05, 3.63) is 40.9 Å². The molecule has 1 aliphatic rings. The van der Waals surface area contributed by atoms with Crippen LogP contribution in [0.5, 0.6) is 5.75 Å². The van der Waals surface area contributed by atoms with Crippen molar-refractivity contribution < 1.29 is 26.8 Å². The fourth-order valence-corrected chi connectivity index (χ4v) is 3.89. The van der Waals surface area contributed by atoms with Gasteiger partial charge in [-0.05, 0) is 49.9 Å². The number of ether oxygens (including phenoxy) is 1. The third kappa shape index (κ3) is 4.88. The SMILES string of the molecule is Cc1cc(-c2noc(C(F)(F)F)n2)cc(C)c1OCCc1nnc(C2CCCCC2)o1. The van der Waals surface area contributed by atoms with E-state index in [1.54, 1.807) is 12.1 Å². The van der Waals surface area contributed by atoms with Gasteiger partial charge in [-0.3, -0.25) is 0 Å². The van der Waals surface area contributed by atoms with E-state index in [2.05, 4.69) is 24.9 Å². The van der Waals surface area contributed by atoms with Crippen LogP contribution >= 0.6 is 0 Å². The first-order chi connectivity index (χ1) is 14.8. The number of halogens is 3. The fraction of sp³-hybridized carbons (Fsp3) is 0.524. The van der Waals surface area contributed by atoms with Gasteiger partial charge in [-0.25, -0.2) is 0 Å². The van der Waals surface area contributed by atoms with Gasteiger partial charge in [0.05, 0.1) is 13.0 Å². The van der Waals surface area contributed by atoms with E-state index in [4.69, 9.17) is 9.15 Å². The van der Waals surface area contributed by atoms with Crippen LogP contribution in [-0.2, 0) is 12.6 Å². The quantitative estimate of drug-likeness (QED) is 0.509. The first-order valence-electron chi connectivity index (χ1n) is 10.3. The van der Waals surface area contributed by atoms with Gasteiger partial charge in [-0.1, -0.05) is 24.4 Å². The molecule has 0 bridgehead atoms. The van der Waals surface area contributed by atoms with Gasteiger partial charge in [-0.15, -0.1) is 10.2 Å². The average Bonchev–Trinajstić information content (AvgIpc) is 3.40. The molecule has 10 heteroatoms. The molecule has 2 aromatic heterocycles. The molecule has 0 saturated heterocycles. The molecule has 0 amide bonds. The first-order valence-corrected chi connectivity index (χ1v) is 10.3. The normalized spacial score (nSPS) is 15.4. The molecule has 166 valence electrons. The van der Waals surface area contributed by atoms with Crippen LogP contribution in [0.15, 0.2) is 21.1 Å². The number of hydrogen-bond donors (Lipinski definition) is 0. The van der Waals surface area contributed by atoms with Crippen molar-refractivity contribution in [1.29, 1.82) is 0 Å². The van der Waals surface area contributed by atoms with E-state index in [-0.39, 0.29) is 5.82 Å². The lowest BCUT2D eigenvalue weighted by Crippen LogP contribution is -2.05. The number of nitrogens with zero attached hydrogens (tertiary/aromatic N) is 4. The Labute approximate surface area is 177 Å². The smallest absolute Gasteiger partial charge is 0.471 e. The standard InChI is InChI=1S/C21H23F3N4O3/c1-12-10-15(18-25-20(31-28-18)21(22,23)24)11-13(2)17(12)29-9-8-16-26-27-19(30-16)14-6-4-3-5-7-14/h10-11,14H,3-9H2,1-2H3. The van der Waals surface area contributed by atoms with Gasteiger partial charge in [0.2, 0.25) is 17.6 Å². The maximum atomic E-state index is 12.7. The van der Waals surface area contributed by atoms with E-state index in [1.165, 1.54) is 19.3 Å². The van der Waals surface area contributed by atoms with Crippen molar-refractivity contribution in [3.8, 4) is 17.1 Å². The van der Waals surface area contributed by atoms with Crippen LogP contribution in [0.25, 0.3) is 11.4 Å². The Hall–Kier alpha value is -2.91. The zero-order valence-electron chi connectivity index (χ0n) is 17.3. The number of benzene rings is 1. The van der Waals surface area contributed by atoms with Crippen molar-refractivity contribution in [3.63, 3.8) is 0 Å². The molecule has 1 aliphatic carbocycles. The number of aromatic nitrogens is 4. The topological polar surface area (TPSA) is 87.1 Å². The fourth-order valence-electron chi connectivity index (χ4n) is 3.89. The molecule has 7 nitrogen and oxygen atoms in total. The number of rotatable bonds is 6. The summed E-state index contributed by atoms with van der Waals surface area (Å²) in [6, 6.07) is 3.34. The van der Waals surface area contributed by atoms with Crippen molar-refractivity contribution in [1.82, 2.24) is 20.3 Å². The highest BCUT2D eigenvalue weighted by Gasteiger charge is 2.38. The molecule has 4 rings (SSSR count). The van der Waals surface area contributed by atoms with Crippen LogP contribution in [0.1, 0.15) is 66.8 Å². The Balaban J connectivity index is 1.39. The highest BCUT2D eigenvalue weighted by Crippen LogP contribution is 2.33. The van der Waals surface area contributed by atoms with Gasteiger partial charge in [0.1, 0.15) is 5.75 Å². The third-order valence-corrected chi connectivity index (χ3v) is 5.39. The van der Waals surface area contributed by atoms with E-state index in [0.29, 0.717) is 42.0 Å². The van der Waals surface area contributed by atoms with Gasteiger partial charge in [-0.2, -0.15) is 18.2 Å². The van der Waals surface area contributed by atoms with Crippen LogP contribution in [0, 0.1) is 13.8 Å². The molecule has 0 aliphatic heterocycles. The number of hydrogen-bond acceptors (Lipinski definition) is 7. The molecule has 0 unspecified atom stereocenters. The second kappa shape index (κ2) is 8.68. The minimum absolute atomic E-state index is 0.119. The highest BCUT2D eigenvalue weighted by atomic mass is 19.4. The lowest BCUT2D eigenvalue weighted by atomic mass is 9.89. The van der Waals surface area contributed by atoms with Gasteiger partial charge < -0.3 is 13.7 Å². The van der Waals surface area contributed by atoms with Crippen LogP contribution < -0.4 is 4.74 Å². The highest BCUT2D eigenvalue weighted by molar-refractivity contribution is 5.61. The summed E-state index contributed by atoms with van der Waals surface area (Å²) < 4.78 is 54.1. The Kier molecular flexibility index (Phi) is 5.97. The average molecular weight is 436 g/mol. The predicted molar refractivity (Wildman–Crippen MR) is 104 cm³/mol. The van der Waals surface area contributed by atoms with E-state index in [9.17, 15) is 13.2 Å². The molecule has 1 saturated carbocycles. The summed E-state index contributed by atoms with van der Waals surface area (Å²) in [6.07, 6.45) is 1.63. The lowest BCUT2D eigenvalue weighted by Gasteiger charge is -2.17. The summed E-state index contributed by atoms with van der Waals surface area (Å²) in [6.45, 7) is 3.96. The molecule has 0 N–H and O–H groups in total. The maximum Gasteiger partial charge on any atom is 0.471 e. The van der Waals surface area contributed by atoms with Crippen LogP contribution in [0.3, 0.4) is 0 Å². The van der Waals surface area contributed by atoms with E-state index < -0.39 is 12.1 Å². The van der Waals surface area contributed by atoms with Crippen LogP contribution in [-0.4, -0.2) is 26.9 Å². The molecule has 2 heterocycles. The minimum atomic E-state index is -4.68. The molecule has 1 aromatic carbocycles. The van der Waals surface area contributed by atoms with E-state index >= 15 is 0 Å². The summed E-state index contributed by atoms with van der Waals surface area (Å²) in [7, 11) is 0. The van der Waals surface area contributed by atoms with E-state index in [1.807, 2.05) is 13.8 Å². The van der Waals surface area contributed by atoms with Crippen LogP contribution in [0.4, 0.5) is 13.2 Å². The minimum Gasteiger partial charge on any atom is -0.493 e. The molecule has 0 atom stereocenters. The Bertz CT molecular complexity index is 1020. The Morgan fingerprint density at radius 3 is 2.42 bits per heavy atom. The molecule has 0 radical (unpaired) electrons. The molecule has 31 heavy (non-hydrogen) atoms. The van der Waals surface area contributed by atoms with Gasteiger partial charge in [0, 0.05) is 11.5 Å². The zero-order valence-corrected chi connectivity index (χ0v) is 17.3. The second-order valence-electron chi connectivity index (χ2n) is 7.83. The maximum absolute atomic E-state index is 12.7. The van der Waals surface area contributed by atoms with E-state index in [0.717, 1.165) is 24.0 Å². The van der Waals surface area contributed by atoms with Crippen molar-refractivity contribution in [2.24, 2.45) is 0 Å². The molecular formula is C21H23F3N4O3. The molecular weight excluding hydrogens is 413 g/mol. The monoisotopic (exact) mass is 436 g/mol. The molecule has 0 spiro atoms. The predicted octanol–water partition coefficient (Wildman–Crippen LogP) is 5.42. The Morgan fingerprint density at radius 2 is 1.77 bits per heavy atom. The first kappa shape index (κ1) is 21.3. The zero-order chi connectivity index (χ0) is 22.0. The summed E-state index contributed by atoms with van der Waals surface area (Å²) in [5, 5.41) is 11.8. The lowest BCUT2D eigenvalue weighted by molar-refractivity contribution is -0.159. The largest absolute Gasteiger partial charge is 0.493 e. The van der Waals surface area contributed by atoms with Crippen molar-refractivity contribution in [2.45, 2.75) is 64.5 Å². The Morgan fingerprint density at radius 1 is 1.06 bits per heavy atom. The summed E-state index contributed by atoms with van der Waals surface area (Å²) in [5.74, 6) is 0.770. The summed E-state index contributed by atoms with van der Waals surface area (Å²) in [4.78, 5) is 3.44.